The van der Waals surface area contributed by atoms with Gasteiger partial charge < -0.3 is 15.1 Å². The number of piperazine rings is 1. The smallest absolute Gasteiger partial charge is 0.227 e. The molecule has 1 aliphatic rings. The van der Waals surface area contributed by atoms with Gasteiger partial charge in [-0.05, 0) is 57.0 Å². The number of benzene rings is 2. The molecule has 1 fully saturated rings. The largest absolute Gasteiger partial charge is 0.368 e. The summed E-state index contributed by atoms with van der Waals surface area (Å²) in [5, 5.41) is 3.41. The Morgan fingerprint density at radius 2 is 1.48 bits per heavy atom. The normalized spacial score (nSPS) is 14.2. The molecular formula is C24H29N5. The minimum Gasteiger partial charge on any atom is -0.368 e. The van der Waals surface area contributed by atoms with Crippen molar-refractivity contribution in [3.8, 4) is 0 Å². The fourth-order valence-electron chi connectivity index (χ4n) is 3.77. The van der Waals surface area contributed by atoms with Crippen LogP contribution in [-0.2, 0) is 0 Å². The number of hydrogen-bond acceptors (Lipinski definition) is 5. The third kappa shape index (κ3) is 4.34. The van der Waals surface area contributed by atoms with E-state index in [1.54, 1.807) is 0 Å². The van der Waals surface area contributed by atoms with Gasteiger partial charge in [0.15, 0.2) is 0 Å². The maximum absolute atomic E-state index is 4.79. The second kappa shape index (κ2) is 8.11. The Morgan fingerprint density at radius 1 is 0.793 bits per heavy atom. The van der Waals surface area contributed by atoms with Crippen LogP contribution in [0.4, 0.5) is 23.1 Å². The first kappa shape index (κ1) is 19.2. The lowest BCUT2D eigenvalue weighted by atomic mass is 10.1. The van der Waals surface area contributed by atoms with Crippen molar-refractivity contribution < 1.29 is 0 Å². The van der Waals surface area contributed by atoms with Crippen molar-refractivity contribution in [2.75, 3.05) is 41.3 Å². The molecule has 2 heterocycles. The van der Waals surface area contributed by atoms with E-state index in [1.165, 1.54) is 22.4 Å². The van der Waals surface area contributed by atoms with E-state index in [1.807, 2.05) is 13.0 Å². The lowest BCUT2D eigenvalue weighted by Crippen LogP contribution is -2.47. The zero-order chi connectivity index (χ0) is 20.4. The number of nitrogens with one attached hydrogen (secondary N) is 1. The number of anilines is 4. The van der Waals surface area contributed by atoms with Crippen LogP contribution in [-0.4, -0.2) is 36.1 Å². The van der Waals surface area contributed by atoms with E-state index in [2.05, 4.69) is 78.4 Å². The fourth-order valence-corrected chi connectivity index (χ4v) is 3.77. The molecule has 0 aliphatic carbocycles. The van der Waals surface area contributed by atoms with Crippen molar-refractivity contribution in [1.82, 2.24) is 9.97 Å². The van der Waals surface area contributed by atoms with Crippen LogP contribution in [0.2, 0.25) is 0 Å². The molecule has 4 rings (SSSR count). The Labute approximate surface area is 173 Å². The van der Waals surface area contributed by atoms with Crippen molar-refractivity contribution >= 4 is 23.1 Å². The summed E-state index contributed by atoms with van der Waals surface area (Å²) in [4.78, 5) is 14.2. The van der Waals surface area contributed by atoms with Gasteiger partial charge in [0.2, 0.25) is 5.95 Å². The zero-order valence-electron chi connectivity index (χ0n) is 17.7. The van der Waals surface area contributed by atoms with Crippen molar-refractivity contribution in [1.29, 1.82) is 0 Å². The van der Waals surface area contributed by atoms with Gasteiger partial charge >= 0.3 is 0 Å². The van der Waals surface area contributed by atoms with Crippen molar-refractivity contribution in [2.45, 2.75) is 27.7 Å². The molecule has 0 bridgehead atoms. The van der Waals surface area contributed by atoms with Crippen molar-refractivity contribution in [3.63, 3.8) is 0 Å². The quantitative estimate of drug-likeness (QED) is 0.698. The van der Waals surface area contributed by atoms with Gasteiger partial charge in [0, 0.05) is 49.3 Å². The minimum absolute atomic E-state index is 0.806. The van der Waals surface area contributed by atoms with E-state index in [4.69, 9.17) is 9.97 Å². The predicted molar refractivity (Wildman–Crippen MR) is 122 cm³/mol. The van der Waals surface area contributed by atoms with E-state index < -0.39 is 0 Å². The van der Waals surface area contributed by atoms with Crippen LogP contribution in [0.1, 0.15) is 22.4 Å². The highest BCUT2D eigenvalue weighted by molar-refractivity contribution is 5.59. The molecule has 150 valence electrons. The van der Waals surface area contributed by atoms with Crippen LogP contribution >= 0.6 is 0 Å². The average Bonchev–Trinajstić information content (AvgIpc) is 2.72. The summed E-state index contributed by atoms with van der Waals surface area (Å²) in [6.45, 7) is 12.3. The first-order valence-corrected chi connectivity index (χ1v) is 10.2. The molecule has 0 saturated carbocycles. The predicted octanol–water partition coefficient (Wildman–Crippen LogP) is 4.78. The molecule has 0 unspecified atom stereocenters. The third-order valence-electron chi connectivity index (χ3n) is 5.65. The molecule has 0 amide bonds. The standard InChI is InChI=1S/C24H29N5/c1-17-8-10-21(11-9-17)26-23-16-19(3)25-24(27-23)29-14-12-28(13-15-29)22-7-5-6-18(2)20(22)4/h5-11,16H,12-15H2,1-4H3,(H,25,26,27). The lowest BCUT2D eigenvalue weighted by Gasteiger charge is -2.37. The van der Waals surface area contributed by atoms with Crippen LogP contribution in [0.25, 0.3) is 0 Å². The van der Waals surface area contributed by atoms with Crippen LogP contribution in [0.5, 0.6) is 0 Å². The SMILES string of the molecule is Cc1ccc(Nc2cc(C)nc(N3CCN(c4cccc(C)c4C)CC3)n2)cc1. The minimum atomic E-state index is 0.806. The van der Waals surface area contributed by atoms with Crippen LogP contribution in [0, 0.1) is 27.7 Å². The molecule has 29 heavy (non-hydrogen) atoms. The number of nitrogens with zero attached hydrogens (tertiary/aromatic N) is 4. The molecule has 0 atom stereocenters. The Bertz CT molecular complexity index is 989. The molecule has 1 saturated heterocycles. The molecule has 1 N–H and O–H groups in total. The average molecular weight is 388 g/mol. The van der Waals surface area contributed by atoms with Crippen LogP contribution < -0.4 is 15.1 Å². The number of aromatic nitrogens is 2. The van der Waals surface area contributed by atoms with E-state index in [9.17, 15) is 0 Å². The van der Waals surface area contributed by atoms with Gasteiger partial charge in [0.05, 0.1) is 0 Å². The summed E-state index contributed by atoms with van der Waals surface area (Å²) < 4.78 is 0. The number of aryl methyl sites for hydroxylation is 3. The first-order chi connectivity index (χ1) is 14.0. The summed E-state index contributed by atoms with van der Waals surface area (Å²) in [5.74, 6) is 1.65. The number of hydrogen-bond donors (Lipinski definition) is 1. The van der Waals surface area contributed by atoms with E-state index >= 15 is 0 Å². The van der Waals surface area contributed by atoms with E-state index in [0.29, 0.717) is 0 Å². The Morgan fingerprint density at radius 3 is 2.21 bits per heavy atom. The van der Waals surface area contributed by atoms with Crippen molar-refractivity contribution in [3.05, 3.63) is 70.9 Å². The summed E-state index contributed by atoms with van der Waals surface area (Å²) >= 11 is 0. The maximum Gasteiger partial charge on any atom is 0.227 e. The van der Waals surface area contributed by atoms with Crippen molar-refractivity contribution in [2.24, 2.45) is 0 Å². The summed E-state index contributed by atoms with van der Waals surface area (Å²) in [7, 11) is 0. The Kier molecular flexibility index (Phi) is 5.38. The molecule has 1 aromatic heterocycles. The second-order valence-corrected chi connectivity index (χ2v) is 7.88. The second-order valence-electron chi connectivity index (χ2n) is 7.88. The summed E-state index contributed by atoms with van der Waals surface area (Å²) in [6, 6.07) is 16.9. The highest BCUT2D eigenvalue weighted by Crippen LogP contribution is 2.25. The highest BCUT2D eigenvalue weighted by atomic mass is 15.3. The molecule has 5 heteroatoms. The lowest BCUT2D eigenvalue weighted by molar-refractivity contribution is 0.638. The monoisotopic (exact) mass is 387 g/mol. The number of rotatable bonds is 4. The third-order valence-corrected chi connectivity index (χ3v) is 5.65. The Hall–Kier alpha value is -3.08. The van der Waals surface area contributed by atoms with Gasteiger partial charge in [-0.2, -0.15) is 4.98 Å². The Balaban J connectivity index is 1.47. The zero-order valence-corrected chi connectivity index (χ0v) is 17.7. The summed E-state index contributed by atoms with van der Waals surface area (Å²) in [6.07, 6.45) is 0. The van der Waals surface area contributed by atoms with Gasteiger partial charge in [-0.15, -0.1) is 0 Å². The maximum atomic E-state index is 4.79. The topological polar surface area (TPSA) is 44.3 Å². The summed E-state index contributed by atoms with van der Waals surface area (Å²) in [5.41, 5.74) is 7.32. The molecule has 5 nitrogen and oxygen atoms in total. The fraction of sp³-hybridized carbons (Fsp3) is 0.333. The molecule has 2 aromatic carbocycles. The van der Waals surface area contributed by atoms with E-state index in [-0.39, 0.29) is 0 Å². The molecule has 0 radical (unpaired) electrons. The molecule has 0 spiro atoms. The first-order valence-electron chi connectivity index (χ1n) is 10.2. The molecular weight excluding hydrogens is 358 g/mol. The van der Waals surface area contributed by atoms with Crippen LogP contribution in [0.15, 0.2) is 48.5 Å². The molecule has 1 aliphatic heterocycles. The van der Waals surface area contributed by atoms with Gasteiger partial charge in [-0.3, -0.25) is 0 Å². The van der Waals surface area contributed by atoms with Gasteiger partial charge in [0.25, 0.3) is 0 Å². The van der Waals surface area contributed by atoms with E-state index in [0.717, 1.165) is 49.3 Å². The highest BCUT2D eigenvalue weighted by Gasteiger charge is 2.21. The molecule has 3 aromatic rings. The van der Waals surface area contributed by atoms with Gasteiger partial charge in [0.1, 0.15) is 5.82 Å². The van der Waals surface area contributed by atoms with Crippen LogP contribution in [0.3, 0.4) is 0 Å². The van der Waals surface area contributed by atoms with Gasteiger partial charge in [-0.25, -0.2) is 4.98 Å². The van der Waals surface area contributed by atoms with Gasteiger partial charge in [-0.1, -0.05) is 29.8 Å².